The van der Waals surface area contributed by atoms with E-state index in [4.69, 9.17) is 4.74 Å². The Morgan fingerprint density at radius 2 is 2.05 bits per heavy atom. The first-order valence-corrected chi connectivity index (χ1v) is 7.34. The first-order chi connectivity index (χ1) is 9.34. The van der Waals surface area contributed by atoms with Crippen molar-refractivity contribution in [1.29, 1.82) is 0 Å². The van der Waals surface area contributed by atoms with Crippen molar-refractivity contribution in [1.82, 2.24) is 10.3 Å². The second-order valence-electron chi connectivity index (χ2n) is 5.62. The van der Waals surface area contributed by atoms with E-state index in [1.54, 1.807) is 12.4 Å². The second kappa shape index (κ2) is 5.88. The molecule has 1 aromatic heterocycles. The fourth-order valence-corrected chi connectivity index (χ4v) is 2.81. The maximum atomic E-state index is 10.6. The minimum atomic E-state index is -0.453. The van der Waals surface area contributed by atoms with Gasteiger partial charge in [0.25, 0.3) is 0 Å². The third-order valence-electron chi connectivity index (χ3n) is 4.30. The van der Waals surface area contributed by atoms with Crippen LogP contribution in [0.25, 0.3) is 0 Å². The van der Waals surface area contributed by atoms with Crippen molar-refractivity contribution in [2.75, 3.05) is 13.1 Å². The summed E-state index contributed by atoms with van der Waals surface area (Å²) in [6.07, 6.45) is 8.93. The van der Waals surface area contributed by atoms with Gasteiger partial charge >= 0.3 is 0 Å². The van der Waals surface area contributed by atoms with Gasteiger partial charge in [0.15, 0.2) is 0 Å². The van der Waals surface area contributed by atoms with E-state index in [2.05, 4.69) is 10.3 Å². The first-order valence-electron chi connectivity index (χ1n) is 7.34. The Morgan fingerprint density at radius 3 is 2.74 bits per heavy atom. The smallest absolute Gasteiger partial charge is 0.128 e. The van der Waals surface area contributed by atoms with Gasteiger partial charge in [0.1, 0.15) is 5.75 Å². The van der Waals surface area contributed by atoms with Crippen molar-refractivity contribution in [3.05, 3.63) is 24.0 Å². The molecule has 0 spiro atoms. The maximum Gasteiger partial charge on any atom is 0.128 e. The summed E-state index contributed by atoms with van der Waals surface area (Å²) in [7, 11) is 0. The van der Waals surface area contributed by atoms with E-state index in [0.717, 1.165) is 50.1 Å². The van der Waals surface area contributed by atoms with E-state index in [9.17, 15) is 5.11 Å². The summed E-state index contributed by atoms with van der Waals surface area (Å²) in [6, 6.07) is 1.89. The standard InChI is InChI=1S/C15H22N2O2/c18-15(11-4-7-16-8-5-11)13-10-17-9-6-14(13)19-12-2-1-3-12/h6,9-12,15-16,18H,1-5,7-8H2. The van der Waals surface area contributed by atoms with Crippen LogP contribution in [-0.2, 0) is 0 Å². The summed E-state index contributed by atoms with van der Waals surface area (Å²) in [5, 5.41) is 13.9. The number of piperidine rings is 1. The Kier molecular flexibility index (Phi) is 3.99. The molecule has 3 rings (SSSR count). The highest BCUT2D eigenvalue weighted by Crippen LogP contribution is 2.35. The molecular formula is C15H22N2O2. The minimum Gasteiger partial charge on any atom is -0.490 e. The third kappa shape index (κ3) is 2.90. The molecule has 1 saturated carbocycles. The Morgan fingerprint density at radius 1 is 1.26 bits per heavy atom. The number of nitrogens with zero attached hydrogens (tertiary/aromatic N) is 1. The fourth-order valence-electron chi connectivity index (χ4n) is 2.81. The molecule has 2 N–H and O–H groups in total. The molecule has 4 heteroatoms. The monoisotopic (exact) mass is 262 g/mol. The Hall–Kier alpha value is -1.13. The van der Waals surface area contributed by atoms with Gasteiger partial charge in [-0.25, -0.2) is 0 Å². The van der Waals surface area contributed by atoms with Crippen LogP contribution in [0.3, 0.4) is 0 Å². The summed E-state index contributed by atoms with van der Waals surface area (Å²) in [5.41, 5.74) is 0.862. The molecule has 0 aromatic carbocycles. The van der Waals surface area contributed by atoms with Gasteiger partial charge < -0.3 is 15.2 Å². The van der Waals surface area contributed by atoms with Crippen molar-refractivity contribution < 1.29 is 9.84 Å². The maximum absolute atomic E-state index is 10.6. The quantitative estimate of drug-likeness (QED) is 0.872. The lowest BCUT2D eigenvalue weighted by Gasteiger charge is -2.31. The topological polar surface area (TPSA) is 54.4 Å². The van der Waals surface area contributed by atoms with Gasteiger partial charge in [-0.15, -0.1) is 0 Å². The van der Waals surface area contributed by atoms with Gasteiger partial charge in [0.05, 0.1) is 12.2 Å². The van der Waals surface area contributed by atoms with E-state index in [1.165, 1.54) is 6.42 Å². The number of pyridine rings is 1. The van der Waals surface area contributed by atoms with Crippen LogP contribution in [0.5, 0.6) is 5.75 Å². The van der Waals surface area contributed by atoms with Crippen LogP contribution in [0.4, 0.5) is 0 Å². The van der Waals surface area contributed by atoms with E-state index in [0.29, 0.717) is 12.0 Å². The lowest BCUT2D eigenvalue weighted by atomic mass is 9.88. The van der Waals surface area contributed by atoms with Crippen LogP contribution in [0.2, 0.25) is 0 Å². The number of ether oxygens (including phenoxy) is 1. The van der Waals surface area contributed by atoms with Gasteiger partial charge in [0, 0.05) is 18.0 Å². The number of rotatable bonds is 4. The highest BCUT2D eigenvalue weighted by molar-refractivity contribution is 5.33. The van der Waals surface area contributed by atoms with Crippen molar-refractivity contribution in [3.8, 4) is 5.75 Å². The molecule has 1 saturated heterocycles. The molecule has 4 nitrogen and oxygen atoms in total. The molecular weight excluding hydrogens is 240 g/mol. The highest BCUT2D eigenvalue weighted by Gasteiger charge is 2.27. The lowest BCUT2D eigenvalue weighted by molar-refractivity contribution is 0.0755. The highest BCUT2D eigenvalue weighted by atomic mass is 16.5. The van der Waals surface area contributed by atoms with Crippen molar-refractivity contribution in [2.24, 2.45) is 5.92 Å². The molecule has 1 atom stereocenters. The zero-order valence-electron chi connectivity index (χ0n) is 11.2. The normalized spacial score (nSPS) is 22.8. The molecule has 1 unspecified atom stereocenters. The lowest BCUT2D eigenvalue weighted by Crippen LogP contribution is -2.31. The molecule has 19 heavy (non-hydrogen) atoms. The van der Waals surface area contributed by atoms with Gasteiger partial charge in [-0.05, 0) is 57.2 Å². The van der Waals surface area contributed by atoms with Crippen LogP contribution in [0.1, 0.15) is 43.8 Å². The number of hydrogen-bond donors (Lipinski definition) is 2. The van der Waals surface area contributed by atoms with Crippen LogP contribution >= 0.6 is 0 Å². The molecule has 1 aliphatic carbocycles. The Bertz CT molecular complexity index is 414. The molecule has 2 heterocycles. The zero-order valence-corrected chi connectivity index (χ0v) is 11.2. The Labute approximate surface area is 114 Å². The SMILES string of the molecule is OC(c1cnccc1OC1CCC1)C1CCNCC1. The fraction of sp³-hybridized carbons (Fsp3) is 0.667. The van der Waals surface area contributed by atoms with Crippen LogP contribution in [-0.4, -0.2) is 29.3 Å². The molecule has 1 aromatic rings. The average Bonchev–Trinajstić information content (AvgIpc) is 2.43. The van der Waals surface area contributed by atoms with E-state index in [-0.39, 0.29) is 0 Å². The average molecular weight is 262 g/mol. The molecule has 0 radical (unpaired) electrons. The minimum absolute atomic E-state index is 0.314. The molecule has 2 fully saturated rings. The van der Waals surface area contributed by atoms with Crippen molar-refractivity contribution in [3.63, 3.8) is 0 Å². The van der Waals surface area contributed by atoms with Crippen LogP contribution in [0, 0.1) is 5.92 Å². The van der Waals surface area contributed by atoms with Gasteiger partial charge in [-0.2, -0.15) is 0 Å². The van der Waals surface area contributed by atoms with Crippen LogP contribution in [0.15, 0.2) is 18.5 Å². The second-order valence-corrected chi connectivity index (χ2v) is 5.62. The van der Waals surface area contributed by atoms with Gasteiger partial charge in [-0.3, -0.25) is 4.98 Å². The number of aromatic nitrogens is 1. The predicted molar refractivity (Wildman–Crippen MR) is 73.1 cm³/mol. The van der Waals surface area contributed by atoms with Crippen LogP contribution < -0.4 is 10.1 Å². The molecule has 0 bridgehead atoms. The largest absolute Gasteiger partial charge is 0.490 e. The first kappa shape index (κ1) is 12.9. The molecule has 0 amide bonds. The van der Waals surface area contributed by atoms with E-state index in [1.807, 2.05) is 6.07 Å². The molecule has 104 valence electrons. The predicted octanol–water partition coefficient (Wildman–Crippen LogP) is 2.05. The number of aliphatic hydroxyl groups excluding tert-OH is 1. The third-order valence-corrected chi connectivity index (χ3v) is 4.30. The summed E-state index contributed by atoms with van der Waals surface area (Å²) in [4.78, 5) is 4.16. The summed E-state index contributed by atoms with van der Waals surface area (Å²) in [6.45, 7) is 1.97. The molecule has 2 aliphatic rings. The van der Waals surface area contributed by atoms with E-state index >= 15 is 0 Å². The van der Waals surface area contributed by atoms with Crippen molar-refractivity contribution >= 4 is 0 Å². The zero-order chi connectivity index (χ0) is 13.1. The van der Waals surface area contributed by atoms with E-state index < -0.39 is 6.10 Å². The number of nitrogens with one attached hydrogen (secondary N) is 1. The number of aliphatic hydroxyl groups is 1. The number of hydrogen-bond acceptors (Lipinski definition) is 4. The van der Waals surface area contributed by atoms with Crippen molar-refractivity contribution in [2.45, 2.75) is 44.3 Å². The Balaban J connectivity index is 1.74. The summed E-state index contributed by atoms with van der Waals surface area (Å²) in [5.74, 6) is 1.14. The molecule has 1 aliphatic heterocycles. The summed E-state index contributed by atoms with van der Waals surface area (Å²) >= 11 is 0. The van der Waals surface area contributed by atoms with Gasteiger partial charge in [-0.1, -0.05) is 0 Å². The summed E-state index contributed by atoms with van der Waals surface area (Å²) < 4.78 is 5.98. The van der Waals surface area contributed by atoms with Gasteiger partial charge in [0.2, 0.25) is 0 Å².